The van der Waals surface area contributed by atoms with Gasteiger partial charge in [0.05, 0.1) is 10.4 Å². The van der Waals surface area contributed by atoms with Crippen LogP contribution in [0.1, 0.15) is 39.0 Å². The van der Waals surface area contributed by atoms with Crippen molar-refractivity contribution in [3.8, 4) is 0 Å². The molecule has 0 spiro atoms. The summed E-state index contributed by atoms with van der Waals surface area (Å²) < 4.78 is 38.0. The largest absolute Gasteiger partial charge is 0.417 e. The highest BCUT2D eigenvalue weighted by atomic mass is 32.1. The van der Waals surface area contributed by atoms with E-state index in [1.807, 2.05) is 9.80 Å². The fourth-order valence-electron chi connectivity index (χ4n) is 3.85. The molecule has 4 rings (SSSR count). The van der Waals surface area contributed by atoms with E-state index in [2.05, 4.69) is 18.0 Å². The first kappa shape index (κ1) is 19.2. The van der Waals surface area contributed by atoms with Crippen molar-refractivity contribution in [2.24, 2.45) is 5.92 Å². The van der Waals surface area contributed by atoms with Crippen LogP contribution < -0.4 is 4.90 Å². The summed E-state index contributed by atoms with van der Waals surface area (Å²) in [5.41, 5.74) is 0.570. The van der Waals surface area contributed by atoms with Crippen molar-refractivity contribution in [2.45, 2.75) is 32.4 Å². The molecule has 4 nitrogen and oxygen atoms in total. The molecule has 1 aliphatic carbocycles. The lowest BCUT2D eigenvalue weighted by Gasteiger charge is -2.35. The Hall–Kier alpha value is -2.09. The molecule has 3 heterocycles. The number of aryl methyl sites for hydroxylation is 1. The van der Waals surface area contributed by atoms with Crippen molar-refractivity contribution < 1.29 is 18.0 Å². The van der Waals surface area contributed by atoms with Crippen LogP contribution in [0.3, 0.4) is 0 Å². The lowest BCUT2D eigenvalue weighted by atomic mass is 9.90. The second-order valence-corrected chi connectivity index (χ2v) is 8.73. The van der Waals surface area contributed by atoms with Gasteiger partial charge >= 0.3 is 6.18 Å². The van der Waals surface area contributed by atoms with Crippen molar-refractivity contribution in [1.29, 1.82) is 0 Å². The summed E-state index contributed by atoms with van der Waals surface area (Å²) in [6, 6.07) is 4.51. The van der Waals surface area contributed by atoms with E-state index in [-0.39, 0.29) is 5.91 Å². The molecule has 1 aliphatic heterocycles. The molecule has 1 amide bonds. The molecule has 2 aromatic heterocycles. The highest BCUT2D eigenvalue weighted by Crippen LogP contribution is 2.33. The van der Waals surface area contributed by atoms with Gasteiger partial charge in [0.15, 0.2) is 0 Å². The third kappa shape index (κ3) is 3.87. The Balaban J connectivity index is 1.38. The summed E-state index contributed by atoms with van der Waals surface area (Å²) in [6.07, 6.45) is -0.230. The minimum absolute atomic E-state index is 0.0621. The number of nitrogens with zero attached hydrogens (tertiary/aromatic N) is 3. The van der Waals surface area contributed by atoms with Crippen molar-refractivity contribution >= 4 is 23.1 Å². The number of hydrogen-bond donors (Lipinski definition) is 0. The van der Waals surface area contributed by atoms with Gasteiger partial charge in [-0.1, -0.05) is 6.92 Å². The average Bonchev–Trinajstić information content (AvgIpc) is 3.10. The number of carbonyl (C=O) groups excluding carboxylic acids is 1. The first-order valence-electron chi connectivity index (χ1n) is 9.50. The minimum Gasteiger partial charge on any atom is -0.353 e. The van der Waals surface area contributed by atoms with E-state index in [0.717, 1.165) is 30.0 Å². The van der Waals surface area contributed by atoms with Crippen molar-refractivity contribution in [2.75, 3.05) is 31.1 Å². The number of halogens is 3. The standard InChI is InChI=1S/C20H22F3N3OS/c1-13-2-4-16-14(10-13)11-17(28-16)19(27)26-8-6-25(7-9-26)18-5-3-15(12-24-18)20(21,22)23/h3,5,11-13H,2,4,6-10H2,1H3/t13-/m1/s1. The number of pyridine rings is 1. The molecule has 2 aliphatic rings. The zero-order valence-corrected chi connectivity index (χ0v) is 16.4. The van der Waals surface area contributed by atoms with Crippen LogP contribution in [-0.4, -0.2) is 42.0 Å². The van der Waals surface area contributed by atoms with Gasteiger partial charge < -0.3 is 9.80 Å². The van der Waals surface area contributed by atoms with Crippen LogP contribution in [0.5, 0.6) is 0 Å². The summed E-state index contributed by atoms with van der Waals surface area (Å²) in [4.78, 5) is 22.7. The van der Waals surface area contributed by atoms with Gasteiger partial charge in [-0.25, -0.2) is 4.98 Å². The zero-order valence-electron chi connectivity index (χ0n) is 15.6. The number of piperazine rings is 1. The van der Waals surface area contributed by atoms with Crippen LogP contribution in [0.4, 0.5) is 19.0 Å². The molecule has 0 unspecified atom stereocenters. The number of alkyl halides is 3. The fourth-order valence-corrected chi connectivity index (χ4v) is 5.02. The molecule has 0 N–H and O–H groups in total. The molecule has 2 aromatic rings. The smallest absolute Gasteiger partial charge is 0.353 e. The highest BCUT2D eigenvalue weighted by Gasteiger charge is 2.31. The Bertz CT molecular complexity index is 855. The van der Waals surface area contributed by atoms with Crippen LogP contribution in [-0.2, 0) is 19.0 Å². The van der Waals surface area contributed by atoms with E-state index in [0.29, 0.717) is 37.9 Å². The predicted molar refractivity (Wildman–Crippen MR) is 103 cm³/mol. The van der Waals surface area contributed by atoms with Crippen LogP contribution in [0.25, 0.3) is 0 Å². The minimum atomic E-state index is -4.38. The Morgan fingerprint density at radius 2 is 1.96 bits per heavy atom. The number of thiophene rings is 1. The maximum absolute atomic E-state index is 12.9. The van der Waals surface area contributed by atoms with Crippen LogP contribution >= 0.6 is 11.3 Å². The molecule has 28 heavy (non-hydrogen) atoms. The third-order valence-electron chi connectivity index (χ3n) is 5.51. The first-order valence-corrected chi connectivity index (χ1v) is 10.3. The number of carbonyl (C=O) groups is 1. The van der Waals surface area contributed by atoms with E-state index in [1.54, 1.807) is 11.3 Å². The van der Waals surface area contributed by atoms with Gasteiger partial charge in [0, 0.05) is 37.3 Å². The topological polar surface area (TPSA) is 36.4 Å². The maximum Gasteiger partial charge on any atom is 0.417 e. The van der Waals surface area contributed by atoms with Gasteiger partial charge in [0.25, 0.3) is 5.91 Å². The second-order valence-electron chi connectivity index (χ2n) is 7.59. The molecular weight excluding hydrogens is 387 g/mol. The monoisotopic (exact) mass is 409 g/mol. The van der Waals surface area contributed by atoms with Crippen molar-refractivity contribution in [1.82, 2.24) is 9.88 Å². The summed E-state index contributed by atoms with van der Waals surface area (Å²) in [5.74, 6) is 1.25. The zero-order chi connectivity index (χ0) is 19.9. The molecule has 0 bridgehead atoms. The third-order valence-corrected chi connectivity index (χ3v) is 6.73. The molecule has 150 valence electrons. The number of rotatable bonds is 2. The van der Waals surface area contributed by atoms with Gasteiger partial charge in [-0.05, 0) is 48.9 Å². The molecule has 0 saturated carbocycles. The summed E-state index contributed by atoms with van der Waals surface area (Å²) >= 11 is 1.62. The molecular formula is C20H22F3N3OS. The number of aromatic nitrogens is 1. The van der Waals surface area contributed by atoms with Gasteiger partial charge in [-0.3, -0.25) is 4.79 Å². The number of anilines is 1. The second kappa shape index (κ2) is 7.39. The van der Waals surface area contributed by atoms with Crippen LogP contribution in [0.15, 0.2) is 24.4 Å². The Morgan fingerprint density at radius 1 is 1.21 bits per heavy atom. The predicted octanol–water partition coefficient (Wildman–Crippen LogP) is 4.25. The highest BCUT2D eigenvalue weighted by molar-refractivity contribution is 7.14. The average molecular weight is 409 g/mol. The molecule has 1 atom stereocenters. The molecule has 0 aromatic carbocycles. The van der Waals surface area contributed by atoms with E-state index >= 15 is 0 Å². The van der Waals surface area contributed by atoms with E-state index < -0.39 is 11.7 Å². The quantitative estimate of drug-likeness (QED) is 0.744. The van der Waals surface area contributed by atoms with Gasteiger partial charge in [0.1, 0.15) is 5.82 Å². The Morgan fingerprint density at radius 3 is 2.61 bits per heavy atom. The Kier molecular flexibility index (Phi) is 5.07. The van der Waals surface area contributed by atoms with E-state index in [9.17, 15) is 18.0 Å². The number of fused-ring (bicyclic) bond motifs is 1. The van der Waals surface area contributed by atoms with Crippen molar-refractivity contribution in [3.05, 3.63) is 45.3 Å². The molecule has 1 saturated heterocycles. The first-order chi connectivity index (χ1) is 13.3. The summed E-state index contributed by atoms with van der Waals surface area (Å²) in [5, 5.41) is 0. The maximum atomic E-state index is 12.9. The van der Waals surface area contributed by atoms with Crippen molar-refractivity contribution in [3.63, 3.8) is 0 Å². The molecule has 1 fully saturated rings. The molecule has 8 heteroatoms. The SMILES string of the molecule is C[C@@H]1CCc2sc(C(=O)N3CCN(c4ccc(C(F)(F)F)cn4)CC3)cc2C1. The van der Waals surface area contributed by atoms with Crippen LogP contribution in [0.2, 0.25) is 0 Å². The number of hydrogen-bond acceptors (Lipinski definition) is 4. The summed E-state index contributed by atoms with van der Waals surface area (Å²) in [7, 11) is 0. The van der Waals surface area contributed by atoms with Gasteiger partial charge in [-0.2, -0.15) is 13.2 Å². The van der Waals surface area contributed by atoms with E-state index in [1.165, 1.54) is 22.9 Å². The summed E-state index contributed by atoms with van der Waals surface area (Å²) in [6.45, 7) is 4.45. The lowest BCUT2D eigenvalue weighted by molar-refractivity contribution is -0.137. The normalized spacial score (nSPS) is 20.2. The van der Waals surface area contributed by atoms with Gasteiger partial charge in [-0.15, -0.1) is 11.3 Å². The van der Waals surface area contributed by atoms with Gasteiger partial charge in [0.2, 0.25) is 0 Å². The molecule has 0 radical (unpaired) electrons. The van der Waals surface area contributed by atoms with Crippen LogP contribution in [0, 0.1) is 5.92 Å². The van der Waals surface area contributed by atoms with E-state index in [4.69, 9.17) is 0 Å². The lowest BCUT2D eigenvalue weighted by Crippen LogP contribution is -2.48. The Labute approximate surface area is 166 Å². The fraction of sp³-hybridized carbons (Fsp3) is 0.500. The number of amides is 1.